The highest BCUT2D eigenvalue weighted by molar-refractivity contribution is 5.85. The Labute approximate surface area is 126 Å². The average Bonchev–Trinajstić information content (AvgIpc) is 2.47. The number of fused-ring (bicyclic) bond motifs is 1. The molecule has 1 heteroatoms. The van der Waals surface area contributed by atoms with Crippen molar-refractivity contribution in [3.05, 3.63) is 83.4 Å². The standard InChI is InChI=1S/C20H21N/c1-16-7-5-8-17(13-16)14-21(2)15-19-11-6-10-18-9-3-4-12-20(18)19/h3-13H,14-15H2,1-2H3. The average molecular weight is 275 g/mol. The lowest BCUT2D eigenvalue weighted by atomic mass is 10.0. The molecule has 0 aromatic heterocycles. The molecule has 0 heterocycles. The Bertz CT molecular complexity index is 740. The SMILES string of the molecule is Cc1cccc(CN(C)Cc2cccc3ccccc23)c1. The van der Waals surface area contributed by atoms with Gasteiger partial charge in [0.05, 0.1) is 0 Å². The maximum Gasteiger partial charge on any atom is 0.0240 e. The molecule has 0 atom stereocenters. The lowest BCUT2D eigenvalue weighted by Gasteiger charge is -2.18. The molecular weight excluding hydrogens is 254 g/mol. The summed E-state index contributed by atoms with van der Waals surface area (Å²) in [4.78, 5) is 2.37. The summed E-state index contributed by atoms with van der Waals surface area (Å²) in [6.45, 7) is 4.09. The minimum Gasteiger partial charge on any atom is -0.298 e. The second-order valence-electron chi connectivity index (χ2n) is 5.80. The van der Waals surface area contributed by atoms with Gasteiger partial charge in [-0.15, -0.1) is 0 Å². The van der Waals surface area contributed by atoms with Crippen LogP contribution in [-0.4, -0.2) is 11.9 Å². The Morgan fingerprint density at radius 1 is 0.810 bits per heavy atom. The van der Waals surface area contributed by atoms with E-state index in [0.717, 1.165) is 13.1 Å². The topological polar surface area (TPSA) is 3.24 Å². The zero-order chi connectivity index (χ0) is 14.7. The lowest BCUT2D eigenvalue weighted by molar-refractivity contribution is 0.320. The van der Waals surface area contributed by atoms with E-state index in [1.165, 1.54) is 27.5 Å². The van der Waals surface area contributed by atoms with Gasteiger partial charge in [-0.25, -0.2) is 0 Å². The largest absolute Gasteiger partial charge is 0.298 e. The first kappa shape index (κ1) is 13.8. The Kier molecular flexibility index (Phi) is 4.03. The van der Waals surface area contributed by atoms with Gasteiger partial charge < -0.3 is 0 Å². The van der Waals surface area contributed by atoms with Crippen molar-refractivity contribution in [2.24, 2.45) is 0 Å². The van der Waals surface area contributed by atoms with Crippen molar-refractivity contribution in [1.82, 2.24) is 4.90 Å². The molecule has 0 aliphatic rings. The number of nitrogens with zero attached hydrogens (tertiary/aromatic N) is 1. The van der Waals surface area contributed by atoms with Crippen LogP contribution in [0.1, 0.15) is 16.7 Å². The summed E-state index contributed by atoms with van der Waals surface area (Å²) < 4.78 is 0. The molecule has 3 aromatic rings. The molecular formula is C20H21N. The van der Waals surface area contributed by atoms with E-state index < -0.39 is 0 Å². The predicted octanol–water partition coefficient (Wildman–Crippen LogP) is 4.78. The third-order valence-electron chi connectivity index (χ3n) is 3.86. The van der Waals surface area contributed by atoms with Crippen LogP contribution in [0.25, 0.3) is 10.8 Å². The lowest BCUT2D eigenvalue weighted by Crippen LogP contribution is -2.17. The quantitative estimate of drug-likeness (QED) is 0.662. The van der Waals surface area contributed by atoms with Gasteiger partial charge in [0.15, 0.2) is 0 Å². The maximum absolute atomic E-state index is 2.37. The van der Waals surface area contributed by atoms with E-state index in [4.69, 9.17) is 0 Å². The van der Waals surface area contributed by atoms with Crippen LogP contribution in [0.15, 0.2) is 66.7 Å². The van der Waals surface area contributed by atoms with E-state index in [1.807, 2.05) is 0 Å². The summed E-state index contributed by atoms with van der Waals surface area (Å²) in [5.74, 6) is 0. The van der Waals surface area contributed by atoms with E-state index >= 15 is 0 Å². The molecule has 0 aliphatic carbocycles. The minimum atomic E-state index is 0.968. The van der Waals surface area contributed by atoms with Crippen molar-refractivity contribution in [1.29, 1.82) is 0 Å². The van der Waals surface area contributed by atoms with E-state index in [-0.39, 0.29) is 0 Å². The Morgan fingerprint density at radius 2 is 1.57 bits per heavy atom. The monoisotopic (exact) mass is 275 g/mol. The smallest absolute Gasteiger partial charge is 0.0240 e. The Morgan fingerprint density at radius 3 is 2.43 bits per heavy atom. The predicted molar refractivity (Wildman–Crippen MR) is 90.3 cm³/mol. The van der Waals surface area contributed by atoms with Gasteiger partial charge in [0.25, 0.3) is 0 Å². The number of rotatable bonds is 4. The molecule has 0 saturated heterocycles. The summed E-state index contributed by atoms with van der Waals surface area (Å²) in [5, 5.41) is 2.68. The van der Waals surface area contributed by atoms with Crippen LogP contribution in [0.2, 0.25) is 0 Å². The van der Waals surface area contributed by atoms with Crippen LogP contribution in [0, 0.1) is 6.92 Å². The molecule has 0 unspecified atom stereocenters. The molecule has 0 radical (unpaired) electrons. The molecule has 0 N–H and O–H groups in total. The Hall–Kier alpha value is -2.12. The molecule has 0 bridgehead atoms. The molecule has 106 valence electrons. The fraction of sp³-hybridized carbons (Fsp3) is 0.200. The van der Waals surface area contributed by atoms with E-state index in [2.05, 4.69) is 85.6 Å². The highest BCUT2D eigenvalue weighted by atomic mass is 15.1. The first-order chi connectivity index (χ1) is 10.2. The van der Waals surface area contributed by atoms with Gasteiger partial charge in [0.1, 0.15) is 0 Å². The maximum atomic E-state index is 2.37. The highest BCUT2D eigenvalue weighted by Crippen LogP contribution is 2.20. The second kappa shape index (κ2) is 6.11. The Balaban J connectivity index is 1.79. The van der Waals surface area contributed by atoms with Crippen LogP contribution in [0.3, 0.4) is 0 Å². The van der Waals surface area contributed by atoms with Gasteiger partial charge in [0.2, 0.25) is 0 Å². The minimum absolute atomic E-state index is 0.968. The number of aryl methyl sites for hydroxylation is 1. The molecule has 3 aromatic carbocycles. The summed E-state index contributed by atoms with van der Waals surface area (Å²) in [6.07, 6.45) is 0. The van der Waals surface area contributed by atoms with Gasteiger partial charge in [0, 0.05) is 13.1 Å². The molecule has 3 rings (SSSR count). The normalized spacial score (nSPS) is 11.2. The summed E-state index contributed by atoms with van der Waals surface area (Å²) in [5.41, 5.74) is 4.09. The van der Waals surface area contributed by atoms with E-state index in [0.29, 0.717) is 0 Å². The molecule has 0 aliphatic heterocycles. The van der Waals surface area contributed by atoms with E-state index in [1.54, 1.807) is 0 Å². The van der Waals surface area contributed by atoms with Gasteiger partial charge in [-0.3, -0.25) is 4.90 Å². The summed E-state index contributed by atoms with van der Waals surface area (Å²) >= 11 is 0. The number of hydrogen-bond acceptors (Lipinski definition) is 1. The van der Waals surface area contributed by atoms with Crippen molar-refractivity contribution >= 4 is 10.8 Å². The second-order valence-corrected chi connectivity index (χ2v) is 5.80. The van der Waals surface area contributed by atoms with Gasteiger partial charge >= 0.3 is 0 Å². The van der Waals surface area contributed by atoms with Crippen LogP contribution < -0.4 is 0 Å². The zero-order valence-corrected chi connectivity index (χ0v) is 12.7. The molecule has 0 spiro atoms. The third-order valence-corrected chi connectivity index (χ3v) is 3.86. The van der Waals surface area contributed by atoms with Crippen molar-refractivity contribution in [2.45, 2.75) is 20.0 Å². The fourth-order valence-corrected chi connectivity index (χ4v) is 2.90. The van der Waals surface area contributed by atoms with Crippen LogP contribution in [-0.2, 0) is 13.1 Å². The van der Waals surface area contributed by atoms with Crippen LogP contribution in [0.4, 0.5) is 0 Å². The summed E-state index contributed by atoms with van der Waals surface area (Å²) in [6, 6.07) is 23.9. The first-order valence-electron chi connectivity index (χ1n) is 7.43. The van der Waals surface area contributed by atoms with E-state index in [9.17, 15) is 0 Å². The summed E-state index contributed by atoms with van der Waals surface area (Å²) in [7, 11) is 2.18. The van der Waals surface area contributed by atoms with Crippen molar-refractivity contribution in [2.75, 3.05) is 7.05 Å². The van der Waals surface area contributed by atoms with Crippen LogP contribution >= 0.6 is 0 Å². The van der Waals surface area contributed by atoms with Gasteiger partial charge in [-0.1, -0.05) is 72.3 Å². The highest BCUT2D eigenvalue weighted by Gasteiger charge is 2.05. The number of hydrogen-bond donors (Lipinski definition) is 0. The van der Waals surface area contributed by atoms with Crippen molar-refractivity contribution in [3.63, 3.8) is 0 Å². The molecule has 0 fully saturated rings. The van der Waals surface area contributed by atoms with Crippen molar-refractivity contribution < 1.29 is 0 Å². The molecule has 0 saturated carbocycles. The van der Waals surface area contributed by atoms with Crippen molar-refractivity contribution in [3.8, 4) is 0 Å². The fourth-order valence-electron chi connectivity index (χ4n) is 2.90. The molecule has 1 nitrogen and oxygen atoms in total. The number of benzene rings is 3. The van der Waals surface area contributed by atoms with Gasteiger partial charge in [-0.2, -0.15) is 0 Å². The molecule has 0 amide bonds. The first-order valence-corrected chi connectivity index (χ1v) is 7.43. The van der Waals surface area contributed by atoms with Gasteiger partial charge in [-0.05, 0) is 35.9 Å². The zero-order valence-electron chi connectivity index (χ0n) is 12.7. The molecule has 21 heavy (non-hydrogen) atoms. The van der Waals surface area contributed by atoms with Crippen LogP contribution in [0.5, 0.6) is 0 Å². The third kappa shape index (κ3) is 3.32.